The van der Waals surface area contributed by atoms with E-state index in [1.807, 2.05) is 12.1 Å². The molecule has 0 unspecified atom stereocenters. The molecule has 0 aliphatic carbocycles. The molecule has 1 saturated heterocycles. The number of nitrogens with zero attached hydrogens (tertiary/aromatic N) is 1. The maximum Gasteiger partial charge on any atom is 0.254 e. The summed E-state index contributed by atoms with van der Waals surface area (Å²) in [6, 6.07) is 6.76. The van der Waals surface area contributed by atoms with Crippen LogP contribution in [-0.2, 0) is 11.3 Å². The Morgan fingerprint density at radius 1 is 1.44 bits per heavy atom. The Hall–Kier alpha value is -1.88. The van der Waals surface area contributed by atoms with Crippen molar-refractivity contribution in [1.29, 1.82) is 0 Å². The predicted molar refractivity (Wildman–Crippen MR) is 67.8 cm³/mol. The van der Waals surface area contributed by atoms with Crippen molar-refractivity contribution in [3.05, 3.63) is 35.4 Å². The van der Waals surface area contributed by atoms with Gasteiger partial charge in [-0.1, -0.05) is 12.1 Å². The molecule has 0 aromatic heterocycles. The van der Waals surface area contributed by atoms with Crippen LogP contribution in [-0.4, -0.2) is 35.8 Å². The van der Waals surface area contributed by atoms with Gasteiger partial charge in [0.25, 0.3) is 5.91 Å². The van der Waals surface area contributed by atoms with E-state index in [0.717, 1.165) is 5.56 Å². The Balaban J connectivity index is 2.16. The van der Waals surface area contributed by atoms with Gasteiger partial charge in [0.15, 0.2) is 0 Å². The number of hydrogen-bond acceptors (Lipinski definition) is 3. The van der Waals surface area contributed by atoms with E-state index in [4.69, 9.17) is 5.73 Å². The van der Waals surface area contributed by atoms with Crippen molar-refractivity contribution in [3.8, 4) is 0 Å². The van der Waals surface area contributed by atoms with Gasteiger partial charge in [-0.25, -0.2) is 0 Å². The highest BCUT2D eigenvalue weighted by Gasteiger charge is 2.29. The number of benzene rings is 1. The molecular weight excluding hydrogens is 230 g/mol. The zero-order chi connectivity index (χ0) is 13.1. The third-order valence-electron chi connectivity index (χ3n) is 3.20. The van der Waals surface area contributed by atoms with E-state index in [2.05, 4.69) is 5.32 Å². The van der Waals surface area contributed by atoms with Gasteiger partial charge in [-0.15, -0.1) is 0 Å². The van der Waals surface area contributed by atoms with Gasteiger partial charge in [-0.05, 0) is 24.6 Å². The van der Waals surface area contributed by atoms with E-state index in [1.165, 1.54) is 0 Å². The van der Waals surface area contributed by atoms with Gasteiger partial charge in [0.05, 0.1) is 0 Å². The number of amides is 2. The summed E-state index contributed by atoms with van der Waals surface area (Å²) < 4.78 is 0. The zero-order valence-electron chi connectivity index (χ0n) is 10.3. The molecule has 2 rings (SSSR count). The summed E-state index contributed by atoms with van der Waals surface area (Å²) >= 11 is 0. The van der Waals surface area contributed by atoms with Gasteiger partial charge < -0.3 is 16.0 Å². The zero-order valence-corrected chi connectivity index (χ0v) is 10.3. The second-order valence-corrected chi connectivity index (χ2v) is 4.37. The number of nitrogens with one attached hydrogen (secondary N) is 1. The van der Waals surface area contributed by atoms with Crippen LogP contribution < -0.4 is 11.1 Å². The fourth-order valence-electron chi connectivity index (χ4n) is 2.01. The number of nitrogens with two attached hydrogens (primary N) is 1. The van der Waals surface area contributed by atoms with Crippen LogP contribution in [0.4, 0.5) is 0 Å². The summed E-state index contributed by atoms with van der Waals surface area (Å²) in [7, 11) is 0. The number of rotatable bonds is 2. The smallest absolute Gasteiger partial charge is 0.254 e. The lowest BCUT2D eigenvalue weighted by Gasteiger charge is -2.32. The Morgan fingerprint density at radius 2 is 2.11 bits per heavy atom. The maximum atomic E-state index is 12.3. The molecule has 5 heteroatoms. The molecular formula is C13H17N3O2. The van der Waals surface area contributed by atoms with Gasteiger partial charge in [0, 0.05) is 25.2 Å². The summed E-state index contributed by atoms with van der Waals surface area (Å²) in [5.41, 5.74) is 7.08. The van der Waals surface area contributed by atoms with Crippen LogP contribution in [0.1, 0.15) is 22.8 Å². The first kappa shape index (κ1) is 12.6. The molecule has 1 aromatic carbocycles. The van der Waals surface area contributed by atoms with Crippen molar-refractivity contribution < 1.29 is 9.59 Å². The molecule has 1 heterocycles. The fourth-order valence-corrected chi connectivity index (χ4v) is 2.01. The van der Waals surface area contributed by atoms with Gasteiger partial charge >= 0.3 is 0 Å². The van der Waals surface area contributed by atoms with E-state index in [9.17, 15) is 9.59 Å². The highest BCUT2D eigenvalue weighted by molar-refractivity contribution is 5.98. The molecule has 18 heavy (non-hydrogen) atoms. The van der Waals surface area contributed by atoms with Gasteiger partial charge in [-0.3, -0.25) is 9.59 Å². The van der Waals surface area contributed by atoms with Crippen LogP contribution >= 0.6 is 0 Å². The number of carbonyl (C=O) groups is 2. The van der Waals surface area contributed by atoms with E-state index in [0.29, 0.717) is 25.2 Å². The Bertz CT molecular complexity index is 456. The number of carbonyl (C=O) groups excluding carboxylic acids is 2. The molecule has 1 aliphatic rings. The molecule has 3 N–H and O–H groups in total. The van der Waals surface area contributed by atoms with Crippen LogP contribution in [0.5, 0.6) is 0 Å². The Labute approximate surface area is 106 Å². The van der Waals surface area contributed by atoms with Crippen LogP contribution in [0.25, 0.3) is 0 Å². The lowest BCUT2D eigenvalue weighted by atomic mass is 10.1. The van der Waals surface area contributed by atoms with Crippen molar-refractivity contribution >= 4 is 11.8 Å². The summed E-state index contributed by atoms with van der Waals surface area (Å²) in [5, 5.41) is 2.74. The minimum absolute atomic E-state index is 0.104. The summed E-state index contributed by atoms with van der Waals surface area (Å²) in [6.45, 7) is 3.25. The van der Waals surface area contributed by atoms with Crippen molar-refractivity contribution in [2.75, 3.05) is 13.1 Å². The minimum Gasteiger partial charge on any atom is -0.353 e. The van der Waals surface area contributed by atoms with E-state index < -0.39 is 6.04 Å². The highest BCUT2D eigenvalue weighted by Crippen LogP contribution is 2.12. The van der Waals surface area contributed by atoms with Crippen LogP contribution in [0, 0.1) is 0 Å². The first-order chi connectivity index (χ1) is 8.63. The molecule has 0 spiro atoms. The van der Waals surface area contributed by atoms with Crippen LogP contribution in [0.3, 0.4) is 0 Å². The predicted octanol–water partition coefficient (Wildman–Crippen LogP) is 0.106. The fraction of sp³-hybridized carbons (Fsp3) is 0.385. The molecule has 0 saturated carbocycles. The third kappa shape index (κ3) is 2.36. The van der Waals surface area contributed by atoms with E-state index >= 15 is 0 Å². The summed E-state index contributed by atoms with van der Waals surface area (Å²) in [4.78, 5) is 25.4. The number of piperazine rings is 1. The van der Waals surface area contributed by atoms with Crippen molar-refractivity contribution in [2.24, 2.45) is 5.73 Å². The largest absolute Gasteiger partial charge is 0.353 e. The van der Waals surface area contributed by atoms with Crippen LogP contribution in [0.2, 0.25) is 0 Å². The van der Waals surface area contributed by atoms with Crippen LogP contribution in [0.15, 0.2) is 24.3 Å². The summed E-state index contributed by atoms with van der Waals surface area (Å²) in [6.07, 6.45) is 0. The summed E-state index contributed by atoms with van der Waals surface area (Å²) in [5.74, 6) is -0.214. The van der Waals surface area contributed by atoms with Gasteiger partial charge in [0.2, 0.25) is 5.91 Å². The highest BCUT2D eigenvalue weighted by atomic mass is 16.2. The topological polar surface area (TPSA) is 75.4 Å². The lowest BCUT2D eigenvalue weighted by Crippen LogP contribution is -2.55. The molecule has 1 aliphatic heterocycles. The van der Waals surface area contributed by atoms with Gasteiger partial charge in [-0.2, -0.15) is 0 Å². The molecule has 1 fully saturated rings. The first-order valence-corrected chi connectivity index (χ1v) is 6.01. The first-order valence-electron chi connectivity index (χ1n) is 6.01. The average molecular weight is 247 g/mol. The molecule has 0 radical (unpaired) electrons. The Kier molecular flexibility index (Phi) is 3.62. The quantitative estimate of drug-likeness (QED) is 0.778. The second-order valence-electron chi connectivity index (χ2n) is 4.37. The monoisotopic (exact) mass is 247 g/mol. The second kappa shape index (κ2) is 5.18. The standard InChI is InChI=1S/C13H17N3O2/c1-9-12(17)15-6-7-16(9)13(18)11-4-2-10(8-14)3-5-11/h2-5,9H,6-8,14H2,1H3,(H,15,17)/t9-/m1/s1. The maximum absolute atomic E-state index is 12.3. The molecule has 96 valence electrons. The molecule has 2 amide bonds. The molecule has 5 nitrogen and oxygen atoms in total. The van der Waals surface area contributed by atoms with Crippen molar-refractivity contribution in [3.63, 3.8) is 0 Å². The van der Waals surface area contributed by atoms with Gasteiger partial charge in [0.1, 0.15) is 6.04 Å². The average Bonchev–Trinajstić information content (AvgIpc) is 2.41. The Morgan fingerprint density at radius 3 is 2.72 bits per heavy atom. The SMILES string of the molecule is C[C@@H]1C(=O)NCCN1C(=O)c1ccc(CN)cc1. The minimum atomic E-state index is -0.416. The van der Waals surface area contributed by atoms with Crippen molar-refractivity contribution in [1.82, 2.24) is 10.2 Å². The van der Waals surface area contributed by atoms with E-state index in [1.54, 1.807) is 24.0 Å². The van der Waals surface area contributed by atoms with E-state index in [-0.39, 0.29) is 11.8 Å². The molecule has 1 atom stereocenters. The number of hydrogen-bond donors (Lipinski definition) is 2. The lowest BCUT2D eigenvalue weighted by molar-refractivity contribution is -0.127. The molecule has 0 bridgehead atoms. The van der Waals surface area contributed by atoms with Crippen molar-refractivity contribution in [2.45, 2.75) is 19.5 Å². The molecule has 1 aromatic rings. The third-order valence-corrected chi connectivity index (χ3v) is 3.20. The normalized spacial score (nSPS) is 19.6.